The fraction of sp³-hybridized carbons (Fsp3) is 1.00. The van der Waals surface area contributed by atoms with Crippen LogP contribution in [0.25, 0.3) is 0 Å². The van der Waals surface area contributed by atoms with Crippen LogP contribution in [0, 0.1) is 0 Å². The molecule has 0 spiro atoms. The van der Waals surface area contributed by atoms with E-state index in [0.717, 1.165) is 6.26 Å². The van der Waals surface area contributed by atoms with Gasteiger partial charge in [0.25, 0.3) is 0 Å². The van der Waals surface area contributed by atoms with Gasteiger partial charge in [0.1, 0.15) is 9.84 Å². The van der Waals surface area contributed by atoms with Crippen molar-refractivity contribution >= 4 is 16.8 Å². The molecule has 0 rings (SSSR count). The summed E-state index contributed by atoms with van der Waals surface area (Å²) in [6, 6.07) is 0. The number of halogens is 3. The first kappa shape index (κ1) is 15.9. The van der Waals surface area contributed by atoms with Crippen LogP contribution in [0.3, 0.4) is 0 Å². The van der Waals surface area contributed by atoms with Crippen molar-refractivity contribution in [1.82, 2.24) is 0 Å². The third kappa shape index (κ3) is 14.0. The molecule has 0 bridgehead atoms. The predicted molar refractivity (Wildman–Crippen MR) is 38.2 cm³/mol. The standard InChI is InChI=1S/C4H9BF3O2S.K/c1-11(9,10)4-2-3-5(6,7)8;/h2-4H2,1H3;/q-1;+1. The molecule has 0 amide bonds. The first-order valence-corrected chi connectivity index (χ1v) is 5.15. The average Bonchev–Trinajstić information content (AvgIpc) is 1.55. The number of rotatable bonds is 4. The molecular weight excluding hydrogens is 219 g/mol. The average molecular weight is 228 g/mol. The van der Waals surface area contributed by atoms with Crippen molar-refractivity contribution in [2.24, 2.45) is 0 Å². The van der Waals surface area contributed by atoms with Crippen LogP contribution in [0.5, 0.6) is 0 Å². The summed E-state index contributed by atoms with van der Waals surface area (Å²) >= 11 is 0. The van der Waals surface area contributed by atoms with Crippen LogP contribution in [-0.2, 0) is 9.84 Å². The fourth-order valence-corrected chi connectivity index (χ4v) is 1.27. The Hall–Kier alpha value is 1.44. The molecule has 0 aromatic rings. The van der Waals surface area contributed by atoms with Crippen molar-refractivity contribution in [2.75, 3.05) is 12.0 Å². The van der Waals surface area contributed by atoms with Gasteiger partial charge in [-0.1, -0.05) is 12.7 Å². The van der Waals surface area contributed by atoms with Crippen molar-refractivity contribution in [3.05, 3.63) is 0 Å². The molecular formula is C4H9BF3KO2S. The summed E-state index contributed by atoms with van der Waals surface area (Å²) in [7, 11) is -3.24. The van der Waals surface area contributed by atoms with E-state index in [1.54, 1.807) is 0 Å². The van der Waals surface area contributed by atoms with Gasteiger partial charge in [-0.15, -0.1) is 0 Å². The van der Waals surface area contributed by atoms with E-state index in [0.29, 0.717) is 0 Å². The zero-order valence-electron chi connectivity index (χ0n) is 7.06. The van der Waals surface area contributed by atoms with Gasteiger partial charge in [-0.05, 0) is 0 Å². The first-order valence-electron chi connectivity index (χ1n) is 3.09. The molecule has 0 unspecified atom stereocenters. The SMILES string of the molecule is CS(=O)(=O)CCC[B-](F)(F)F.[K+]. The van der Waals surface area contributed by atoms with E-state index in [4.69, 9.17) is 0 Å². The predicted octanol–water partition coefficient (Wildman–Crippen LogP) is -1.73. The molecule has 0 aliphatic rings. The maximum Gasteiger partial charge on any atom is 1.00 e. The van der Waals surface area contributed by atoms with E-state index in [1.165, 1.54) is 0 Å². The maximum atomic E-state index is 11.5. The summed E-state index contributed by atoms with van der Waals surface area (Å²) in [5.74, 6) is -0.381. The Kier molecular flexibility index (Phi) is 7.98. The molecule has 0 aliphatic heterocycles. The second kappa shape index (κ2) is 6.02. The van der Waals surface area contributed by atoms with Crippen LogP contribution in [0.4, 0.5) is 12.9 Å². The van der Waals surface area contributed by atoms with Gasteiger partial charge in [0.15, 0.2) is 0 Å². The van der Waals surface area contributed by atoms with Crippen molar-refractivity contribution in [2.45, 2.75) is 12.7 Å². The number of hydrogen-bond donors (Lipinski definition) is 0. The Balaban J connectivity index is 0. The molecule has 0 aliphatic carbocycles. The summed E-state index contributed by atoms with van der Waals surface area (Å²) < 4.78 is 55.2. The van der Waals surface area contributed by atoms with Crippen molar-refractivity contribution in [3.8, 4) is 0 Å². The molecule has 0 atom stereocenters. The normalized spacial score (nSPS) is 12.3. The molecule has 0 fully saturated rings. The van der Waals surface area contributed by atoms with Crippen LogP contribution in [0.15, 0.2) is 0 Å². The molecule has 0 saturated heterocycles. The third-order valence-corrected chi connectivity index (χ3v) is 2.08. The second-order valence-electron chi connectivity index (χ2n) is 2.48. The molecule has 68 valence electrons. The number of hydrogen-bond acceptors (Lipinski definition) is 2. The molecule has 0 N–H and O–H groups in total. The molecule has 0 aromatic heterocycles. The quantitative estimate of drug-likeness (QED) is 0.536. The Bertz CT molecular complexity index is 213. The van der Waals surface area contributed by atoms with Crippen molar-refractivity contribution < 1.29 is 72.7 Å². The van der Waals surface area contributed by atoms with E-state index < -0.39 is 23.1 Å². The van der Waals surface area contributed by atoms with Gasteiger partial charge in [0.05, 0.1) is 0 Å². The zero-order valence-corrected chi connectivity index (χ0v) is 11.0. The third-order valence-electron chi connectivity index (χ3n) is 1.05. The maximum absolute atomic E-state index is 11.5. The fourth-order valence-electron chi connectivity index (χ4n) is 0.577. The van der Waals surface area contributed by atoms with Crippen LogP contribution in [-0.4, -0.2) is 27.4 Å². The largest absolute Gasteiger partial charge is 1.00 e. The Morgan fingerprint density at radius 3 is 1.92 bits per heavy atom. The minimum Gasteiger partial charge on any atom is -0.449 e. The van der Waals surface area contributed by atoms with E-state index in [1.807, 2.05) is 0 Å². The summed E-state index contributed by atoms with van der Waals surface area (Å²) in [6.45, 7) is -4.82. The molecule has 8 heteroatoms. The van der Waals surface area contributed by atoms with Gasteiger partial charge in [-0.2, -0.15) is 0 Å². The van der Waals surface area contributed by atoms with E-state index in [2.05, 4.69) is 0 Å². The topological polar surface area (TPSA) is 34.1 Å². The van der Waals surface area contributed by atoms with Crippen LogP contribution in [0.2, 0.25) is 6.32 Å². The Morgan fingerprint density at radius 1 is 1.25 bits per heavy atom. The van der Waals surface area contributed by atoms with Gasteiger partial charge in [-0.3, -0.25) is 0 Å². The molecule has 0 saturated carbocycles. The van der Waals surface area contributed by atoms with Crippen LogP contribution < -0.4 is 51.4 Å². The molecule has 2 nitrogen and oxygen atoms in total. The summed E-state index contributed by atoms with van der Waals surface area (Å²) in [5, 5.41) is 0. The minimum absolute atomic E-state index is 0. The zero-order chi connectivity index (χ0) is 9.12. The molecule has 0 heterocycles. The van der Waals surface area contributed by atoms with E-state index in [9.17, 15) is 21.4 Å². The second-order valence-corrected chi connectivity index (χ2v) is 4.74. The van der Waals surface area contributed by atoms with Gasteiger partial charge in [-0.25, -0.2) is 8.42 Å². The Morgan fingerprint density at radius 2 is 1.67 bits per heavy atom. The summed E-state index contributed by atoms with van der Waals surface area (Å²) in [5.41, 5.74) is 0. The van der Waals surface area contributed by atoms with E-state index in [-0.39, 0.29) is 63.6 Å². The van der Waals surface area contributed by atoms with Crippen molar-refractivity contribution in [3.63, 3.8) is 0 Å². The Labute approximate surface area is 113 Å². The van der Waals surface area contributed by atoms with Crippen LogP contribution >= 0.6 is 0 Å². The smallest absolute Gasteiger partial charge is 0.449 e. The van der Waals surface area contributed by atoms with Crippen molar-refractivity contribution in [1.29, 1.82) is 0 Å². The molecule has 0 aromatic carbocycles. The van der Waals surface area contributed by atoms with Gasteiger partial charge >= 0.3 is 58.4 Å². The van der Waals surface area contributed by atoms with Gasteiger partial charge < -0.3 is 12.9 Å². The summed E-state index contributed by atoms with van der Waals surface area (Å²) in [4.78, 5) is 0. The van der Waals surface area contributed by atoms with E-state index >= 15 is 0 Å². The van der Waals surface area contributed by atoms with Crippen LogP contribution in [0.1, 0.15) is 6.42 Å². The summed E-state index contributed by atoms with van der Waals surface area (Å²) in [6.07, 6.45) is -0.355. The van der Waals surface area contributed by atoms with Gasteiger partial charge in [0, 0.05) is 12.0 Å². The molecule has 0 radical (unpaired) electrons. The minimum atomic E-state index is -4.82. The first-order chi connectivity index (χ1) is 4.71. The van der Waals surface area contributed by atoms with Gasteiger partial charge in [0.2, 0.25) is 0 Å². The monoisotopic (exact) mass is 228 g/mol. The molecule has 12 heavy (non-hydrogen) atoms. The number of sulfone groups is 1.